The van der Waals surface area contributed by atoms with Gasteiger partial charge in [0.2, 0.25) is 5.91 Å². The van der Waals surface area contributed by atoms with Crippen LogP contribution in [0.5, 0.6) is 0 Å². The zero-order valence-electron chi connectivity index (χ0n) is 11.8. The van der Waals surface area contributed by atoms with Crippen molar-refractivity contribution in [1.29, 1.82) is 0 Å². The van der Waals surface area contributed by atoms with Crippen LogP contribution in [0.15, 0.2) is 0 Å². The van der Waals surface area contributed by atoms with Crippen molar-refractivity contribution < 1.29 is 14.3 Å². The van der Waals surface area contributed by atoms with Crippen molar-refractivity contribution in [3.8, 4) is 0 Å². The highest BCUT2D eigenvalue weighted by atomic mass is 16.5. The number of esters is 1. The summed E-state index contributed by atoms with van der Waals surface area (Å²) in [5, 5.41) is 0. The van der Waals surface area contributed by atoms with E-state index < -0.39 is 0 Å². The molecule has 19 heavy (non-hydrogen) atoms. The van der Waals surface area contributed by atoms with E-state index in [1.54, 1.807) is 6.92 Å². The summed E-state index contributed by atoms with van der Waals surface area (Å²) in [6, 6.07) is 0.536. The molecule has 0 radical (unpaired) electrons. The SMILES string of the molecule is CCOC(=O)CCC(=O)N1CCC(N2CCCC2)C1. The largest absolute Gasteiger partial charge is 0.466 e. The fourth-order valence-electron chi connectivity index (χ4n) is 2.97. The molecule has 5 nitrogen and oxygen atoms in total. The lowest BCUT2D eigenvalue weighted by Gasteiger charge is -2.23. The highest BCUT2D eigenvalue weighted by Crippen LogP contribution is 2.21. The number of nitrogens with zero attached hydrogens (tertiary/aromatic N) is 2. The second-order valence-corrected chi connectivity index (χ2v) is 5.33. The van der Waals surface area contributed by atoms with Crippen LogP contribution in [0, 0.1) is 0 Å². The van der Waals surface area contributed by atoms with Gasteiger partial charge in [0, 0.05) is 25.6 Å². The van der Waals surface area contributed by atoms with E-state index >= 15 is 0 Å². The lowest BCUT2D eigenvalue weighted by Crippen LogP contribution is -2.37. The van der Waals surface area contributed by atoms with Gasteiger partial charge < -0.3 is 9.64 Å². The standard InChI is InChI=1S/C14H24N2O3/c1-2-19-14(18)6-5-13(17)16-10-7-12(11-16)15-8-3-4-9-15/h12H,2-11H2,1H3. The Morgan fingerprint density at radius 3 is 2.58 bits per heavy atom. The third-order valence-electron chi connectivity index (χ3n) is 4.02. The maximum absolute atomic E-state index is 12.0. The average Bonchev–Trinajstić information content (AvgIpc) is 3.06. The van der Waals surface area contributed by atoms with Gasteiger partial charge in [0.05, 0.1) is 13.0 Å². The van der Waals surface area contributed by atoms with E-state index in [9.17, 15) is 9.59 Å². The lowest BCUT2D eigenvalue weighted by molar-refractivity contribution is -0.145. The Kier molecular flexibility index (Phi) is 5.19. The Morgan fingerprint density at radius 1 is 1.16 bits per heavy atom. The van der Waals surface area contributed by atoms with Crippen LogP contribution in [0.4, 0.5) is 0 Å². The van der Waals surface area contributed by atoms with Crippen molar-refractivity contribution in [3.63, 3.8) is 0 Å². The van der Waals surface area contributed by atoms with Crippen LogP contribution >= 0.6 is 0 Å². The van der Waals surface area contributed by atoms with E-state index in [0.717, 1.165) is 19.5 Å². The quantitative estimate of drug-likeness (QED) is 0.699. The zero-order valence-corrected chi connectivity index (χ0v) is 11.8. The molecule has 2 aliphatic rings. The van der Waals surface area contributed by atoms with E-state index in [1.807, 2.05) is 4.90 Å². The minimum absolute atomic E-state index is 0.0924. The molecule has 108 valence electrons. The molecule has 2 rings (SSSR count). The molecule has 1 amide bonds. The summed E-state index contributed by atoms with van der Waals surface area (Å²) in [7, 11) is 0. The molecule has 0 bridgehead atoms. The summed E-state index contributed by atoms with van der Waals surface area (Å²) >= 11 is 0. The molecule has 0 saturated carbocycles. The van der Waals surface area contributed by atoms with E-state index in [2.05, 4.69) is 4.90 Å². The van der Waals surface area contributed by atoms with Gasteiger partial charge >= 0.3 is 5.97 Å². The highest BCUT2D eigenvalue weighted by molar-refractivity contribution is 5.81. The number of rotatable bonds is 5. The van der Waals surface area contributed by atoms with Gasteiger partial charge in [-0.3, -0.25) is 14.5 Å². The summed E-state index contributed by atoms with van der Waals surface area (Å²) in [5.41, 5.74) is 0. The minimum Gasteiger partial charge on any atom is -0.466 e. The molecule has 1 atom stereocenters. The van der Waals surface area contributed by atoms with Gasteiger partial charge in [-0.25, -0.2) is 0 Å². The first-order chi connectivity index (χ1) is 9.20. The molecule has 0 aliphatic carbocycles. The third kappa shape index (κ3) is 3.93. The molecule has 5 heteroatoms. The summed E-state index contributed by atoms with van der Waals surface area (Å²) in [4.78, 5) is 27.7. The van der Waals surface area contributed by atoms with Gasteiger partial charge in [-0.1, -0.05) is 0 Å². The first-order valence-electron chi connectivity index (χ1n) is 7.38. The Hall–Kier alpha value is -1.10. The van der Waals surface area contributed by atoms with Gasteiger partial charge in [-0.15, -0.1) is 0 Å². The fraction of sp³-hybridized carbons (Fsp3) is 0.857. The normalized spacial score (nSPS) is 23.8. The Bertz CT molecular complexity index is 327. The van der Waals surface area contributed by atoms with Crippen LogP contribution in [0.25, 0.3) is 0 Å². The Labute approximate surface area is 114 Å². The number of hydrogen-bond acceptors (Lipinski definition) is 4. The van der Waals surface area contributed by atoms with E-state index in [0.29, 0.717) is 12.6 Å². The van der Waals surface area contributed by atoms with Crippen molar-refractivity contribution in [2.45, 2.75) is 45.1 Å². The summed E-state index contributed by atoms with van der Waals surface area (Å²) in [6.45, 7) is 6.18. The van der Waals surface area contributed by atoms with Gasteiger partial charge in [-0.2, -0.15) is 0 Å². The molecule has 2 heterocycles. The van der Waals surface area contributed by atoms with Crippen molar-refractivity contribution in [2.24, 2.45) is 0 Å². The molecule has 2 saturated heterocycles. The van der Waals surface area contributed by atoms with Crippen LogP contribution in [-0.4, -0.2) is 60.5 Å². The minimum atomic E-state index is -0.272. The monoisotopic (exact) mass is 268 g/mol. The van der Waals surface area contributed by atoms with Crippen LogP contribution in [-0.2, 0) is 14.3 Å². The Balaban J connectivity index is 1.70. The number of carbonyl (C=O) groups excluding carboxylic acids is 2. The summed E-state index contributed by atoms with van der Waals surface area (Å²) in [6.07, 6.45) is 4.13. The highest BCUT2D eigenvalue weighted by Gasteiger charge is 2.31. The van der Waals surface area contributed by atoms with Crippen LogP contribution in [0.1, 0.15) is 39.0 Å². The maximum atomic E-state index is 12.0. The second-order valence-electron chi connectivity index (χ2n) is 5.33. The predicted molar refractivity (Wildman–Crippen MR) is 71.7 cm³/mol. The van der Waals surface area contributed by atoms with Gasteiger partial charge in [0.1, 0.15) is 0 Å². The van der Waals surface area contributed by atoms with Gasteiger partial charge in [0.15, 0.2) is 0 Å². The summed E-state index contributed by atoms with van der Waals surface area (Å²) < 4.78 is 4.84. The lowest BCUT2D eigenvalue weighted by atomic mass is 10.2. The predicted octanol–water partition coefficient (Wildman–Crippen LogP) is 1.03. The molecular formula is C14H24N2O3. The smallest absolute Gasteiger partial charge is 0.306 e. The van der Waals surface area contributed by atoms with Crippen molar-refractivity contribution in [2.75, 3.05) is 32.8 Å². The number of ether oxygens (including phenoxy) is 1. The molecule has 0 spiro atoms. The second kappa shape index (κ2) is 6.89. The number of likely N-dealkylation sites (tertiary alicyclic amines) is 2. The van der Waals surface area contributed by atoms with E-state index in [4.69, 9.17) is 4.74 Å². The van der Waals surface area contributed by atoms with E-state index in [1.165, 1.54) is 25.9 Å². The first-order valence-corrected chi connectivity index (χ1v) is 7.38. The van der Waals surface area contributed by atoms with Crippen molar-refractivity contribution in [3.05, 3.63) is 0 Å². The van der Waals surface area contributed by atoms with Crippen LogP contribution < -0.4 is 0 Å². The van der Waals surface area contributed by atoms with Crippen molar-refractivity contribution in [1.82, 2.24) is 9.80 Å². The number of carbonyl (C=O) groups is 2. The van der Waals surface area contributed by atoms with E-state index in [-0.39, 0.29) is 24.7 Å². The van der Waals surface area contributed by atoms with Crippen LogP contribution in [0.3, 0.4) is 0 Å². The van der Waals surface area contributed by atoms with Crippen molar-refractivity contribution >= 4 is 11.9 Å². The topological polar surface area (TPSA) is 49.9 Å². The zero-order chi connectivity index (χ0) is 13.7. The molecule has 1 unspecified atom stereocenters. The molecule has 0 N–H and O–H groups in total. The maximum Gasteiger partial charge on any atom is 0.306 e. The molecule has 0 aromatic rings. The summed E-state index contributed by atoms with van der Waals surface area (Å²) in [5.74, 6) is -0.180. The van der Waals surface area contributed by atoms with Gasteiger partial charge in [-0.05, 0) is 39.3 Å². The molecule has 0 aromatic carbocycles. The number of amides is 1. The molecule has 2 fully saturated rings. The van der Waals surface area contributed by atoms with Crippen LogP contribution in [0.2, 0.25) is 0 Å². The average molecular weight is 268 g/mol. The first kappa shape index (κ1) is 14.3. The van der Waals surface area contributed by atoms with Gasteiger partial charge in [0.25, 0.3) is 0 Å². The number of hydrogen-bond donors (Lipinski definition) is 0. The fourth-order valence-corrected chi connectivity index (χ4v) is 2.97. The Morgan fingerprint density at radius 2 is 1.89 bits per heavy atom. The molecule has 2 aliphatic heterocycles. The molecule has 0 aromatic heterocycles. The molecular weight excluding hydrogens is 244 g/mol. The third-order valence-corrected chi connectivity index (χ3v) is 4.02.